The van der Waals surface area contributed by atoms with Gasteiger partial charge in [-0.2, -0.15) is 0 Å². The number of fused-ring (bicyclic) bond motifs is 1. The molecular formula is C27H39NO5. The molecule has 0 heterocycles. The van der Waals surface area contributed by atoms with Crippen molar-refractivity contribution in [1.29, 1.82) is 0 Å². The normalized spacial score (nSPS) is 13.0. The second-order valence-electron chi connectivity index (χ2n) is 8.59. The van der Waals surface area contributed by atoms with Crippen molar-refractivity contribution in [2.24, 2.45) is 0 Å². The van der Waals surface area contributed by atoms with Crippen LogP contribution in [-0.4, -0.2) is 36.6 Å². The predicted octanol–water partition coefficient (Wildman–Crippen LogP) is 4.92. The number of rotatable bonds is 13. The number of hydrogen-bond acceptors (Lipinski definition) is 5. The molecule has 6 heteroatoms. The van der Waals surface area contributed by atoms with E-state index in [0.29, 0.717) is 18.4 Å². The van der Waals surface area contributed by atoms with Crippen LogP contribution in [0.4, 0.5) is 0 Å². The maximum atomic E-state index is 13.0. The molecule has 1 aliphatic rings. The second-order valence-corrected chi connectivity index (χ2v) is 8.59. The van der Waals surface area contributed by atoms with Crippen LogP contribution >= 0.6 is 0 Å². The van der Waals surface area contributed by atoms with Crippen LogP contribution in [-0.2, 0) is 36.7 Å². The average Bonchev–Trinajstić information content (AvgIpc) is 2.79. The maximum absolute atomic E-state index is 13.0. The summed E-state index contributed by atoms with van der Waals surface area (Å²) in [5.41, 5.74) is 1.97. The van der Waals surface area contributed by atoms with Crippen molar-refractivity contribution in [3.8, 4) is 0 Å². The van der Waals surface area contributed by atoms with Crippen LogP contribution in [0, 0.1) is 0 Å². The Bertz CT molecular complexity index is 840. The van der Waals surface area contributed by atoms with Crippen LogP contribution in [0.3, 0.4) is 0 Å². The average molecular weight is 458 g/mol. The topological polar surface area (TPSA) is 81.7 Å². The number of unbranched alkanes of at least 4 members (excludes halogenated alkanes) is 5. The fourth-order valence-electron chi connectivity index (χ4n) is 4.38. The van der Waals surface area contributed by atoms with Gasteiger partial charge in [0.2, 0.25) is 5.91 Å². The number of carbonyl (C=O) groups is 3. The lowest BCUT2D eigenvalue weighted by Crippen LogP contribution is -2.62. The third-order valence-corrected chi connectivity index (χ3v) is 6.03. The first kappa shape index (κ1) is 26.6. The molecule has 33 heavy (non-hydrogen) atoms. The molecule has 1 aromatic carbocycles. The van der Waals surface area contributed by atoms with Crippen molar-refractivity contribution >= 4 is 23.9 Å². The molecule has 0 bridgehead atoms. The number of carbonyl (C=O) groups excluding carboxylic acids is 3. The lowest BCUT2D eigenvalue weighted by Gasteiger charge is -2.34. The van der Waals surface area contributed by atoms with Crippen LogP contribution in [0.2, 0.25) is 0 Å². The third-order valence-electron chi connectivity index (χ3n) is 6.03. The summed E-state index contributed by atoms with van der Waals surface area (Å²) in [4.78, 5) is 38.1. The molecule has 1 amide bonds. The van der Waals surface area contributed by atoms with Gasteiger partial charge in [-0.25, -0.2) is 9.59 Å². The van der Waals surface area contributed by atoms with E-state index < -0.39 is 23.4 Å². The van der Waals surface area contributed by atoms with E-state index in [1.165, 1.54) is 56.6 Å². The molecule has 182 valence electrons. The summed E-state index contributed by atoms with van der Waals surface area (Å²) < 4.78 is 10.4. The van der Waals surface area contributed by atoms with Crippen molar-refractivity contribution in [2.45, 2.75) is 91.0 Å². The Hall–Kier alpha value is -2.63. The molecule has 6 nitrogen and oxygen atoms in total. The summed E-state index contributed by atoms with van der Waals surface area (Å²) in [6.45, 7) is 7.01. The van der Waals surface area contributed by atoms with Gasteiger partial charge in [0.25, 0.3) is 5.54 Å². The Balaban J connectivity index is 2.29. The third kappa shape index (κ3) is 6.92. The molecular weight excluding hydrogens is 418 g/mol. The number of nitrogens with one attached hydrogen (secondary N) is 1. The number of hydrogen-bond donors (Lipinski definition) is 1. The summed E-state index contributed by atoms with van der Waals surface area (Å²) >= 11 is 0. The first-order chi connectivity index (χ1) is 15.9. The van der Waals surface area contributed by atoms with E-state index in [1.807, 2.05) is 12.1 Å². The van der Waals surface area contributed by atoms with Gasteiger partial charge in [0.1, 0.15) is 0 Å². The number of ether oxygens (including phenoxy) is 2. The van der Waals surface area contributed by atoms with Crippen LogP contribution in [0.25, 0.3) is 6.08 Å². The van der Waals surface area contributed by atoms with Gasteiger partial charge in [0.15, 0.2) is 0 Å². The molecule has 2 rings (SSSR count). The first-order valence-corrected chi connectivity index (χ1v) is 12.3. The van der Waals surface area contributed by atoms with Gasteiger partial charge < -0.3 is 14.8 Å². The molecule has 0 fully saturated rings. The molecule has 1 N–H and O–H groups in total. The molecule has 0 unspecified atom stereocenters. The number of aryl methyl sites for hydroxylation is 2. The van der Waals surface area contributed by atoms with Gasteiger partial charge in [-0.1, -0.05) is 63.3 Å². The zero-order valence-electron chi connectivity index (χ0n) is 20.6. The van der Waals surface area contributed by atoms with E-state index in [0.717, 1.165) is 12.0 Å². The van der Waals surface area contributed by atoms with Crippen LogP contribution < -0.4 is 5.32 Å². The monoisotopic (exact) mass is 457 g/mol. The largest absolute Gasteiger partial charge is 0.464 e. The van der Waals surface area contributed by atoms with Gasteiger partial charge in [0.05, 0.1) is 13.2 Å². The molecule has 0 aliphatic heterocycles. The van der Waals surface area contributed by atoms with Gasteiger partial charge in [0, 0.05) is 6.92 Å². The fourth-order valence-corrected chi connectivity index (χ4v) is 4.38. The minimum absolute atomic E-state index is 0.0885. The van der Waals surface area contributed by atoms with Gasteiger partial charge >= 0.3 is 11.9 Å². The lowest BCUT2D eigenvalue weighted by molar-refractivity contribution is -0.165. The van der Waals surface area contributed by atoms with Gasteiger partial charge in [-0.3, -0.25) is 4.79 Å². The van der Waals surface area contributed by atoms with Crippen molar-refractivity contribution < 1.29 is 23.9 Å². The smallest absolute Gasteiger partial charge is 0.348 e. The molecule has 1 aromatic rings. The van der Waals surface area contributed by atoms with Crippen molar-refractivity contribution in [3.63, 3.8) is 0 Å². The van der Waals surface area contributed by atoms with E-state index in [2.05, 4.69) is 24.4 Å². The molecule has 0 aromatic heterocycles. The molecule has 0 saturated heterocycles. The summed E-state index contributed by atoms with van der Waals surface area (Å²) in [6, 6.07) is 6.37. The van der Waals surface area contributed by atoms with Gasteiger partial charge in [-0.05, 0) is 61.8 Å². The predicted molar refractivity (Wildman–Crippen MR) is 130 cm³/mol. The highest BCUT2D eigenvalue weighted by atomic mass is 16.6. The highest BCUT2D eigenvalue weighted by Gasteiger charge is 2.53. The minimum atomic E-state index is -1.97. The Morgan fingerprint density at radius 1 is 0.909 bits per heavy atom. The summed E-state index contributed by atoms with van der Waals surface area (Å²) in [5.74, 6) is -2.13. The van der Waals surface area contributed by atoms with E-state index in [-0.39, 0.29) is 13.2 Å². The van der Waals surface area contributed by atoms with E-state index in [4.69, 9.17) is 9.47 Å². The number of benzene rings is 1. The summed E-state index contributed by atoms with van der Waals surface area (Å²) in [7, 11) is 0. The Kier molecular flexibility index (Phi) is 10.6. The molecule has 1 aliphatic carbocycles. The van der Waals surface area contributed by atoms with E-state index in [1.54, 1.807) is 13.8 Å². The molecule has 0 saturated carbocycles. The zero-order chi connectivity index (χ0) is 24.3. The van der Waals surface area contributed by atoms with Crippen LogP contribution in [0.1, 0.15) is 89.3 Å². The van der Waals surface area contributed by atoms with Crippen LogP contribution in [0.5, 0.6) is 0 Å². The SMILES string of the molecule is CCCCCCCCc1ccc2c(c1)CCC(C(NC(C)=O)(C(=O)OCC)C(=O)OCC)=C2. The highest BCUT2D eigenvalue weighted by molar-refractivity contribution is 6.12. The van der Waals surface area contributed by atoms with Crippen molar-refractivity contribution in [1.82, 2.24) is 5.32 Å². The van der Waals surface area contributed by atoms with E-state index in [9.17, 15) is 14.4 Å². The quantitative estimate of drug-likeness (QED) is 0.258. The maximum Gasteiger partial charge on any atom is 0.348 e. The molecule has 0 spiro atoms. The van der Waals surface area contributed by atoms with Crippen molar-refractivity contribution in [3.05, 3.63) is 40.5 Å². The van der Waals surface area contributed by atoms with E-state index >= 15 is 0 Å². The first-order valence-electron chi connectivity index (χ1n) is 12.3. The lowest BCUT2D eigenvalue weighted by atomic mass is 9.79. The molecule has 0 atom stereocenters. The van der Waals surface area contributed by atoms with Crippen LogP contribution in [0.15, 0.2) is 23.8 Å². The summed E-state index contributed by atoms with van der Waals surface area (Å²) in [6.07, 6.45) is 11.6. The zero-order valence-corrected chi connectivity index (χ0v) is 20.6. The highest BCUT2D eigenvalue weighted by Crippen LogP contribution is 2.33. The van der Waals surface area contributed by atoms with Gasteiger partial charge in [-0.15, -0.1) is 0 Å². The Morgan fingerprint density at radius 3 is 2.15 bits per heavy atom. The minimum Gasteiger partial charge on any atom is -0.464 e. The number of esters is 2. The van der Waals surface area contributed by atoms with Crippen molar-refractivity contribution in [2.75, 3.05) is 13.2 Å². The second kappa shape index (κ2) is 13.2. The standard InChI is InChI=1S/C27H39NO5/c1-5-8-9-10-11-12-13-21-14-15-23-19-24(17-16-22(23)18-21)27(28-20(4)29,25(30)32-6-2)26(31)33-7-3/h14-15,18-19H,5-13,16-17H2,1-4H3,(H,28,29). The number of amides is 1. The fraction of sp³-hybridized carbons (Fsp3) is 0.593. The Morgan fingerprint density at radius 2 is 1.55 bits per heavy atom. The summed E-state index contributed by atoms with van der Waals surface area (Å²) in [5, 5.41) is 2.57. The molecule has 0 radical (unpaired) electrons. The Labute approximate surface area is 198 Å².